The van der Waals surface area contributed by atoms with Crippen molar-refractivity contribution in [2.75, 3.05) is 6.54 Å². The molecule has 2 N–H and O–H groups in total. The minimum absolute atomic E-state index is 0.244. The van der Waals surface area contributed by atoms with Gasteiger partial charge in [-0.15, -0.1) is 0 Å². The Kier molecular flexibility index (Phi) is 9.80. The maximum Gasteiger partial charge on any atom is 0.344 e. The average molecular weight is 764 g/mol. The van der Waals surface area contributed by atoms with E-state index in [-0.39, 0.29) is 12.3 Å². The summed E-state index contributed by atoms with van der Waals surface area (Å²) in [6.45, 7) is -0.270. The third-order valence-electron chi connectivity index (χ3n) is 4.25. The van der Waals surface area contributed by atoms with Crippen LogP contribution in [-0.4, -0.2) is 30.5 Å². The Balaban J connectivity index is 1.66. The van der Waals surface area contributed by atoms with Gasteiger partial charge in [0.25, 0.3) is 11.8 Å². The van der Waals surface area contributed by atoms with Gasteiger partial charge in [-0.2, -0.15) is 5.10 Å². The first-order valence-electron chi connectivity index (χ1n) is 9.56. The van der Waals surface area contributed by atoms with Gasteiger partial charge in [-0.25, -0.2) is 10.2 Å². The highest BCUT2D eigenvalue weighted by atomic mass is 127. The second-order valence-corrected chi connectivity index (χ2v) is 10.4. The number of amides is 2. The molecule has 0 heterocycles. The van der Waals surface area contributed by atoms with Crippen molar-refractivity contribution in [2.24, 2.45) is 5.10 Å². The minimum atomic E-state index is -0.526. The molecule has 174 valence electrons. The van der Waals surface area contributed by atoms with Crippen LogP contribution in [-0.2, 0) is 4.79 Å². The predicted octanol–water partition coefficient (Wildman–Crippen LogP) is 5.68. The molecule has 0 saturated heterocycles. The summed E-state index contributed by atoms with van der Waals surface area (Å²) in [5, 5.41) is 6.46. The number of carbonyl (C=O) groups excluding carboxylic acids is 3. The van der Waals surface area contributed by atoms with Crippen molar-refractivity contribution in [1.29, 1.82) is 0 Å². The summed E-state index contributed by atoms with van der Waals surface area (Å²) in [4.78, 5) is 37.0. The molecule has 0 atom stereocenters. The molecule has 0 bridgehead atoms. The van der Waals surface area contributed by atoms with Crippen LogP contribution in [0.5, 0.6) is 5.75 Å². The first-order chi connectivity index (χ1) is 16.3. The summed E-state index contributed by atoms with van der Waals surface area (Å²) in [5.74, 6) is -1.20. The Morgan fingerprint density at radius 1 is 0.941 bits per heavy atom. The lowest BCUT2D eigenvalue weighted by Crippen LogP contribution is -2.35. The fourth-order valence-corrected chi connectivity index (χ4v) is 5.08. The maximum absolute atomic E-state index is 12.7. The van der Waals surface area contributed by atoms with Crippen LogP contribution in [0, 0.1) is 3.57 Å². The zero-order valence-corrected chi connectivity index (χ0v) is 24.1. The van der Waals surface area contributed by atoms with Crippen molar-refractivity contribution in [3.63, 3.8) is 0 Å². The lowest BCUT2D eigenvalue weighted by Gasteiger charge is -2.11. The lowest BCUT2D eigenvalue weighted by atomic mass is 10.2. The largest absolute Gasteiger partial charge is 0.421 e. The predicted molar refractivity (Wildman–Crippen MR) is 148 cm³/mol. The number of hydrogen-bond donors (Lipinski definition) is 2. The zero-order chi connectivity index (χ0) is 24.7. The average Bonchev–Trinajstić information content (AvgIpc) is 2.80. The third-order valence-corrected chi connectivity index (χ3v) is 6.93. The molecule has 0 aliphatic rings. The first kappa shape index (κ1) is 26.5. The number of rotatable bonds is 7. The molecule has 3 aromatic carbocycles. The van der Waals surface area contributed by atoms with Gasteiger partial charge < -0.3 is 10.1 Å². The fraction of sp³-hybridized carbons (Fsp3) is 0.0435. The van der Waals surface area contributed by atoms with Crippen LogP contribution >= 0.6 is 70.4 Å². The van der Waals surface area contributed by atoms with Crippen molar-refractivity contribution in [3.8, 4) is 5.75 Å². The van der Waals surface area contributed by atoms with E-state index in [1.54, 1.807) is 54.6 Å². The molecule has 11 heteroatoms. The summed E-state index contributed by atoms with van der Waals surface area (Å²) in [7, 11) is 0. The van der Waals surface area contributed by atoms with Gasteiger partial charge in [0, 0.05) is 18.1 Å². The van der Waals surface area contributed by atoms with Crippen LogP contribution in [0.25, 0.3) is 0 Å². The quantitative estimate of drug-likeness (QED) is 0.107. The van der Waals surface area contributed by atoms with E-state index in [9.17, 15) is 14.4 Å². The number of carbonyl (C=O) groups is 3. The SMILES string of the molecule is O=C(CNC(=O)c1ccccc1Br)N/N=C\c1cc(Br)cc(Br)c1OC(=O)c1ccccc1I. The van der Waals surface area contributed by atoms with Gasteiger partial charge in [-0.05, 0) is 90.8 Å². The van der Waals surface area contributed by atoms with Crippen molar-refractivity contribution >= 4 is 94.4 Å². The molecule has 3 aromatic rings. The molecule has 0 unspecified atom stereocenters. The van der Waals surface area contributed by atoms with Gasteiger partial charge in [0.1, 0.15) is 0 Å². The molecule has 0 aliphatic carbocycles. The van der Waals surface area contributed by atoms with E-state index >= 15 is 0 Å². The van der Waals surface area contributed by atoms with Gasteiger partial charge in [0.05, 0.1) is 28.4 Å². The molecule has 0 aliphatic heterocycles. The highest BCUT2D eigenvalue weighted by Crippen LogP contribution is 2.33. The molecule has 0 saturated carbocycles. The number of hydrazone groups is 1. The number of esters is 1. The van der Waals surface area contributed by atoms with Crippen LogP contribution in [0.15, 0.2) is 79.2 Å². The number of ether oxygens (including phenoxy) is 1. The monoisotopic (exact) mass is 761 g/mol. The summed E-state index contributed by atoms with van der Waals surface area (Å²) < 4.78 is 8.23. The summed E-state index contributed by atoms with van der Waals surface area (Å²) in [6, 6.07) is 17.4. The number of nitrogens with one attached hydrogen (secondary N) is 2. The van der Waals surface area contributed by atoms with E-state index in [1.165, 1.54) is 6.21 Å². The van der Waals surface area contributed by atoms with Crippen LogP contribution in [0.2, 0.25) is 0 Å². The number of hydrogen-bond acceptors (Lipinski definition) is 5. The lowest BCUT2D eigenvalue weighted by molar-refractivity contribution is -0.120. The zero-order valence-electron chi connectivity index (χ0n) is 17.2. The molecular weight excluding hydrogens is 749 g/mol. The smallest absolute Gasteiger partial charge is 0.344 e. The summed E-state index contributed by atoms with van der Waals surface area (Å²) in [6.07, 6.45) is 1.35. The Morgan fingerprint density at radius 3 is 2.32 bits per heavy atom. The van der Waals surface area contributed by atoms with Crippen molar-refractivity contribution in [1.82, 2.24) is 10.7 Å². The number of halogens is 4. The molecule has 2 amide bonds. The molecule has 0 spiro atoms. The van der Waals surface area contributed by atoms with Gasteiger partial charge in [0.15, 0.2) is 5.75 Å². The van der Waals surface area contributed by atoms with E-state index in [2.05, 4.69) is 86.2 Å². The summed E-state index contributed by atoms with van der Waals surface area (Å²) in [5.41, 5.74) is 3.63. The number of benzene rings is 3. The van der Waals surface area contributed by atoms with Gasteiger partial charge in [0.2, 0.25) is 0 Å². The topological polar surface area (TPSA) is 96.9 Å². The maximum atomic E-state index is 12.7. The Bertz CT molecular complexity index is 1280. The molecule has 34 heavy (non-hydrogen) atoms. The van der Waals surface area contributed by atoms with Crippen molar-refractivity contribution < 1.29 is 19.1 Å². The van der Waals surface area contributed by atoms with Crippen LogP contribution < -0.4 is 15.5 Å². The Hall–Kier alpha value is -2.09. The molecular formula is C23H15Br3IN3O4. The second kappa shape index (κ2) is 12.6. The molecule has 0 aromatic heterocycles. The van der Waals surface area contributed by atoms with Crippen LogP contribution in [0.3, 0.4) is 0 Å². The van der Waals surface area contributed by atoms with Crippen LogP contribution in [0.1, 0.15) is 26.3 Å². The molecule has 3 rings (SSSR count). The molecule has 7 nitrogen and oxygen atoms in total. The van der Waals surface area contributed by atoms with E-state index in [0.717, 1.165) is 3.57 Å². The van der Waals surface area contributed by atoms with Gasteiger partial charge >= 0.3 is 5.97 Å². The van der Waals surface area contributed by atoms with E-state index in [1.807, 2.05) is 6.07 Å². The fourth-order valence-electron chi connectivity index (χ4n) is 2.67. The molecule has 0 radical (unpaired) electrons. The van der Waals surface area contributed by atoms with Gasteiger partial charge in [-0.1, -0.05) is 40.2 Å². The highest BCUT2D eigenvalue weighted by Gasteiger charge is 2.17. The number of nitrogens with zero attached hydrogens (tertiary/aromatic N) is 1. The van der Waals surface area contributed by atoms with Crippen molar-refractivity contribution in [3.05, 3.63) is 94.3 Å². The third kappa shape index (κ3) is 7.20. The Morgan fingerprint density at radius 2 is 1.62 bits per heavy atom. The molecule has 0 fully saturated rings. The normalized spacial score (nSPS) is 10.7. The highest BCUT2D eigenvalue weighted by molar-refractivity contribution is 14.1. The minimum Gasteiger partial charge on any atom is -0.421 e. The second-order valence-electron chi connectivity index (χ2n) is 6.63. The first-order valence-corrected chi connectivity index (χ1v) is 13.0. The van der Waals surface area contributed by atoms with Crippen molar-refractivity contribution in [2.45, 2.75) is 0 Å². The van der Waals surface area contributed by atoms with Crippen LogP contribution in [0.4, 0.5) is 0 Å². The van der Waals surface area contributed by atoms with Gasteiger partial charge in [-0.3, -0.25) is 9.59 Å². The van der Waals surface area contributed by atoms with E-state index < -0.39 is 17.8 Å². The van der Waals surface area contributed by atoms with E-state index in [4.69, 9.17) is 4.74 Å². The standard InChI is InChI=1S/C23H15Br3IN3O4/c24-14-9-13(21(18(26)10-14)34-23(33)16-6-2-4-8-19(16)27)11-29-30-20(31)12-28-22(32)15-5-1-3-7-17(15)25/h1-11H,12H2,(H,28,32)(H,30,31)/b29-11-. The van der Waals surface area contributed by atoms with E-state index in [0.29, 0.717) is 30.1 Å². The Labute approximate surface area is 234 Å². The summed E-state index contributed by atoms with van der Waals surface area (Å²) >= 11 is 12.1.